The molecule has 3 rings (SSSR count). The fourth-order valence-electron chi connectivity index (χ4n) is 3.47. The van der Waals surface area contributed by atoms with E-state index in [1.165, 1.54) is 17.8 Å². The van der Waals surface area contributed by atoms with Crippen molar-refractivity contribution >= 4 is 23.8 Å². The van der Waals surface area contributed by atoms with Crippen LogP contribution in [0.3, 0.4) is 0 Å². The number of thioether (sulfide) groups is 1. The van der Waals surface area contributed by atoms with E-state index < -0.39 is 11.9 Å². The average Bonchev–Trinajstić information content (AvgIpc) is 2.55. The Morgan fingerprint density at radius 2 is 2.17 bits per heavy atom. The summed E-state index contributed by atoms with van der Waals surface area (Å²) >= 11 is 1.47. The third-order valence-corrected chi connectivity index (χ3v) is 5.78. The lowest BCUT2D eigenvalue weighted by molar-refractivity contribution is -0.143. The van der Waals surface area contributed by atoms with Gasteiger partial charge in [-0.25, -0.2) is 9.18 Å². The van der Waals surface area contributed by atoms with Gasteiger partial charge in [0.05, 0.1) is 12.0 Å². The molecule has 1 aromatic rings. The molecule has 24 heavy (non-hydrogen) atoms. The van der Waals surface area contributed by atoms with E-state index in [2.05, 4.69) is 5.32 Å². The smallest absolute Gasteiger partial charge is 0.317 e. The van der Waals surface area contributed by atoms with Gasteiger partial charge in [-0.05, 0) is 30.4 Å². The van der Waals surface area contributed by atoms with Crippen LogP contribution in [0.15, 0.2) is 23.1 Å². The van der Waals surface area contributed by atoms with Crippen LogP contribution in [-0.2, 0) is 4.79 Å². The summed E-state index contributed by atoms with van der Waals surface area (Å²) in [6, 6.07) is 4.43. The number of carboxylic acids is 1. The van der Waals surface area contributed by atoms with E-state index in [9.17, 15) is 19.1 Å². The second-order valence-electron chi connectivity index (χ2n) is 6.58. The zero-order valence-corrected chi connectivity index (χ0v) is 14.3. The minimum absolute atomic E-state index is 0.150. The van der Waals surface area contributed by atoms with Crippen LogP contribution in [0.4, 0.5) is 9.18 Å². The second kappa shape index (κ2) is 7.01. The minimum atomic E-state index is -0.860. The number of amides is 2. The third-order valence-electron chi connectivity index (χ3n) is 4.62. The van der Waals surface area contributed by atoms with Crippen molar-refractivity contribution in [3.05, 3.63) is 29.6 Å². The monoisotopic (exact) mass is 352 g/mol. The quantitative estimate of drug-likeness (QED) is 0.858. The number of hydrogen-bond donors (Lipinski definition) is 2. The molecule has 1 aromatic carbocycles. The molecule has 3 atom stereocenters. The molecule has 7 heteroatoms. The number of urea groups is 1. The van der Waals surface area contributed by atoms with Gasteiger partial charge >= 0.3 is 12.0 Å². The number of hydrogen-bond acceptors (Lipinski definition) is 3. The number of halogens is 1. The van der Waals surface area contributed by atoms with Crippen LogP contribution in [0.2, 0.25) is 0 Å². The zero-order chi connectivity index (χ0) is 17.3. The van der Waals surface area contributed by atoms with Crippen molar-refractivity contribution in [2.24, 2.45) is 11.8 Å². The van der Waals surface area contributed by atoms with Gasteiger partial charge in [0.2, 0.25) is 0 Å². The van der Waals surface area contributed by atoms with Crippen molar-refractivity contribution in [1.29, 1.82) is 0 Å². The summed E-state index contributed by atoms with van der Waals surface area (Å²) in [7, 11) is 0. The van der Waals surface area contributed by atoms with Gasteiger partial charge in [-0.2, -0.15) is 0 Å². The van der Waals surface area contributed by atoms with Crippen LogP contribution in [0.5, 0.6) is 0 Å². The Morgan fingerprint density at radius 3 is 2.92 bits per heavy atom. The summed E-state index contributed by atoms with van der Waals surface area (Å²) < 4.78 is 13.9. The molecule has 5 nitrogen and oxygen atoms in total. The first kappa shape index (κ1) is 17.1. The van der Waals surface area contributed by atoms with Gasteiger partial charge in [-0.3, -0.25) is 4.79 Å². The lowest BCUT2D eigenvalue weighted by Crippen LogP contribution is -2.50. The fraction of sp³-hybridized carbons (Fsp3) is 0.529. The standard InChI is InChI=1S/C17H21FN2O3S/c1-10-7-11(16(21)22)9-20(8-10)17(23)19-14-5-6-24-15-12(14)3-2-4-13(15)18/h2-4,10-11,14H,5-9H2,1H3,(H,19,23)(H,21,22). The Kier molecular flexibility index (Phi) is 4.99. The number of fused-ring (bicyclic) bond motifs is 1. The first-order chi connectivity index (χ1) is 11.5. The Bertz CT molecular complexity index is 655. The SMILES string of the molecule is CC1CC(C(=O)O)CN(C(=O)NC2CCSc3c(F)cccc32)C1. The molecule has 0 radical (unpaired) electrons. The largest absolute Gasteiger partial charge is 0.481 e. The summed E-state index contributed by atoms with van der Waals surface area (Å²) in [5.74, 6) is -0.745. The van der Waals surface area contributed by atoms with Crippen molar-refractivity contribution in [1.82, 2.24) is 10.2 Å². The molecule has 1 saturated heterocycles. The van der Waals surface area contributed by atoms with Crippen LogP contribution in [-0.4, -0.2) is 40.8 Å². The number of benzene rings is 1. The second-order valence-corrected chi connectivity index (χ2v) is 7.68. The number of rotatable bonds is 2. The molecule has 0 saturated carbocycles. The van der Waals surface area contributed by atoms with Crippen molar-refractivity contribution in [2.45, 2.75) is 30.7 Å². The molecule has 2 amide bonds. The van der Waals surface area contributed by atoms with Crippen molar-refractivity contribution in [2.75, 3.05) is 18.8 Å². The van der Waals surface area contributed by atoms with Crippen LogP contribution >= 0.6 is 11.8 Å². The average molecular weight is 352 g/mol. The number of aliphatic carboxylic acids is 1. The van der Waals surface area contributed by atoms with E-state index in [-0.39, 0.29) is 30.4 Å². The number of carbonyl (C=O) groups is 2. The van der Waals surface area contributed by atoms with Crippen LogP contribution < -0.4 is 5.32 Å². The highest BCUT2D eigenvalue weighted by Gasteiger charge is 2.33. The van der Waals surface area contributed by atoms with E-state index >= 15 is 0 Å². The predicted molar refractivity (Wildman–Crippen MR) is 89.5 cm³/mol. The highest BCUT2D eigenvalue weighted by molar-refractivity contribution is 7.99. The number of carboxylic acid groups (broad SMARTS) is 1. The zero-order valence-electron chi connectivity index (χ0n) is 13.5. The van der Waals surface area contributed by atoms with Crippen LogP contribution in [0.25, 0.3) is 0 Å². The Hall–Kier alpha value is -1.76. The maximum atomic E-state index is 13.9. The first-order valence-electron chi connectivity index (χ1n) is 8.15. The third kappa shape index (κ3) is 3.50. The molecule has 0 aliphatic carbocycles. The molecule has 3 unspecified atom stereocenters. The molecule has 1 fully saturated rings. The topological polar surface area (TPSA) is 69.6 Å². The van der Waals surface area contributed by atoms with E-state index in [0.29, 0.717) is 17.9 Å². The van der Waals surface area contributed by atoms with Gasteiger partial charge in [-0.1, -0.05) is 19.1 Å². The molecule has 0 spiro atoms. The van der Waals surface area contributed by atoms with Crippen LogP contribution in [0, 0.1) is 17.7 Å². The number of piperidine rings is 1. The van der Waals surface area contributed by atoms with Crippen molar-refractivity contribution in [3.8, 4) is 0 Å². The molecule has 2 aliphatic heterocycles. The number of nitrogens with one attached hydrogen (secondary N) is 1. The summed E-state index contributed by atoms with van der Waals surface area (Å²) in [6.07, 6.45) is 1.33. The number of nitrogens with zero attached hydrogens (tertiary/aromatic N) is 1. The Morgan fingerprint density at radius 1 is 1.38 bits per heavy atom. The fourth-order valence-corrected chi connectivity index (χ4v) is 4.61. The van der Waals surface area contributed by atoms with Crippen molar-refractivity contribution in [3.63, 3.8) is 0 Å². The molecule has 0 aromatic heterocycles. The molecular formula is C17H21FN2O3S. The van der Waals surface area contributed by atoms with Gasteiger partial charge in [0, 0.05) is 23.7 Å². The molecule has 0 bridgehead atoms. The number of likely N-dealkylation sites (tertiary alicyclic amines) is 1. The van der Waals surface area contributed by atoms with Gasteiger partial charge in [0.1, 0.15) is 5.82 Å². The van der Waals surface area contributed by atoms with E-state index in [1.807, 2.05) is 13.0 Å². The lowest BCUT2D eigenvalue weighted by atomic mass is 9.91. The first-order valence-corrected chi connectivity index (χ1v) is 9.13. The van der Waals surface area contributed by atoms with E-state index in [0.717, 1.165) is 17.7 Å². The summed E-state index contributed by atoms with van der Waals surface area (Å²) in [4.78, 5) is 26.0. The van der Waals surface area contributed by atoms with Gasteiger partial charge in [-0.15, -0.1) is 11.8 Å². The summed E-state index contributed by atoms with van der Waals surface area (Å²) in [6.45, 7) is 2.73. The van der Waals surface area contributed by atoms with E-state index in [4.69, 9.17) is 0 Å². The highest BCUT2D eigenvalue weighted by atomic mass is 32.2. The lowest BCUT2D eigenvalue weighted by Gasteiger charge is -2.36. The maximum Gasteiger partial charge on any atom is 0.317 e. The van der Waals surface area contributed by atoms with Crippen LogP contribution in [0.1, 0.15) is 31.4 Å². The Labute approximate surface area is 144 Å². The van der Waals surface area contributed by atoms with Gasteiger partial charge in [0.15, 0.2) is 0 Å². The van der Waals surface area contributed by atoms with Gasteiger partial charge < -0.3 is 15.3 Å². The van der Waals surface area contributed by atoms with Crippen molar-refractivity contribution < 1.29 is 19.1 Å². The summed E-state index contributed by atoms with van der Waals surface area (Å²) in [5.41, 5.74) is 0.805. The normalized spacial score (nSPS) is 26.6. The molecule has 130 valence electrons. The maximum absolute atomic E-state index is 13.9. The molecule has 2 N–H and O–H groups in total. The van der Waals surface area contributed by atoms with Gasteiger partial charge in [0.25, 0.3) is 0 Å². The Balaban J connectivity index is 1.72. The molecule has 2 heterocycles. The molecule has 2 aliphatic rings. The predicted octanol–water partition coefficient (Wildman–Crippen LogP) is 3.11. The highest BCUT2D eigenvalue weighted by Crippen LogP contribution is 2.37. The minimum Gasteiger partial charge on any atom is -0.481 e. The number of carbonyl (C=O) groups excluding carboxylic acids is 1. The molecular weight excluding hydrogens is 331 g/mol. The summed E-state index contributed by atoms with van der Waals surface area (Å²) in [5, 5.41) is 12.2. The van der Waals surface area contributed by atoms with E-state index in [1.54, 1.807) is 11.0 Å².